The van der Waals surface area contributed by atoms with Gasteiger partial charge in [0, 0.05) is 6.61 Å². The molecule has 1 spiro atoms. The number of aliphatic hydroxyl groups is 1. The molecule has 0 amide bonds. The minimum Gasteiger partial charge on any atom is -0.396 e. The molecule has 70 valence electrons. The molecular formula is C11H20O. The third-order valence-electron chi connectivity index (χ3n) is 4.38. The van der Waals surface area contributed by atoms with Gasteiger partial charge in [-0.3, -0.25) is 0 Å². The lowest BCUT2D eigenvalue weighted by Crippen LogP contribution is -2.23. The molecule has 2 fully saturated rings. The van der Waals surface area contributed by atoms with Crippen molar-refractivity contribution < 1.29 is 5.11 Å². The Morgan fingerprint density at radius 1 is 1.25 bits per heavy atom. The van der Waals surface area contributed by atoms with E-state index in [4.69, 9.17) is 5.11 Å². The lowest BCUT2D eigenvalue weighted by molar-refractivity contribution is 0.156. The fraction of sp³-hybridized carbons (Fsp3) is 1.00. The Morgan fingerprint density at radius 2 is 2.00 bits per heavy atom. The van der Waals surface area contributed by atoms with Crippen LogP contribution in [0.2, 0.25) is 0 Å². The maximum Gasteiger partial charge on any atom is 0.0464 e. The number of hydrogen-bond acceptors (Lipinski definition) is 1. The number of rotatable bonds is 1. The molecule has 1 nitrogen and oxygen atoms in total. The summed E-state index contributed by atoms with van der Waals surface area (Å²) < 4.78 is 0. The van der Waals surface area contributed by atoms with E-state index in [0.29, 0.717) is 17.9 Å². The van der Waals surface area contributed by atoms with Crippen LogP contribution in [0.3, 0.4) is 0 Å². The summed E-state index contributed by atoms with van der Waals surface area (Å²) in [4.78, 5) is 0. The lowest BCUT2D eigenvalue weighted by Gasteiger charge is -2.33. The Morgan fingerprint density at radius 3 is 2.50 bits per heavy atom. The average Bonchev–Trinajstić information content (AvgIpc) is 2.73. The molecule has 2 saturated carbocycles. The Hall–Kier alpha value is -0.0400. The second-order valence-electron chi connectivity index (χ2n) is 5.14. The predicted octanol–water partition coefficient (Wildman–Crippen LogP) is 2.44. The van der Waals surface area contributed by atoms with E-state index in [0.717, 1.165) is 11.8 Å². The van der Waals surface area contributed by atoms with E-state index in [1.165, 1.54) is 25.7 Å². The molecule has 2 aliphatic carbocycles. The van der Waals surface area contributed by atoms with Crippen molar-refractivity contribution in [3.8, 4) is 0 Å². The molecule has 0 aromatic rings. The highest BCUT2D eigenvalue weighted by Gasteiger charge is 2.55. The maximum atomic E-state index is 9.08. The van der Waals surface area contributed by atoms with Gasteiger partial charge >= 0.3 is 0 Å². The molecule has 4 unspecified atom stereocenters. The number of hydrogen-bond donors (Lipinski definition) is 1. The van der Waals surface area contributed by atoms with Crippen LogP contribution in [-0.4, -0.2) is 11.7 Å². The smallest absolute Gasteiger partial charge is 0.0464 e. The van der Waals surface area contributed by atoms with Gasteiger partial charge in [0.25, 0.3) is 0 Å². The van der Waals surface area contributed by atoms with Crippen molar-refractivity contribution in [1.29, 1.82) is 0 Å². The van der Waals surface area contributed by atoms with Crippen LogP contribution in [0.5, 0.6) is 0 Å². The first kappa shape index (κ1) is 8.55. The topological polar surface area (TPSA) is 20.2 Å². The molecule has 0 radical (unpaired) electrons. The first-order valence-corrected chi connectivity index (χ1v) is 5.29. The van der Waals surface area contributed by atoms with Gasteiger partial charge in [0.2, 0.25) is 0 Å². The standard InChI is InChI=1S/C11H20O/c1-8-3-4-11(5-9(8)2)6-10(11)7-12/h8-10,12H,3-7H2,1-2H3. The van der Waals surface area contributed by atoms with Crippen LogP contribution in [0, 0.1) is 23.2 Å². The van der Waals surface area contributed by atoms with Gasteiger partial charge in [-0.2, -0.15) is 0 Å². The first-order chi connectivity index (χ1) is 5.68. The van der Waals surface area contributed by atoms with E-state index in [9.17, 15) is 0 Å². The maximum absolute atomic E-state index is 9.08. The van der Waals surface area contributed by atoms with E-state index in [2.05, 4.69) is 13.8 Å². The Balaban J connectivity index is 1.96. The third kappa shape index (κ3) is 1.19. The monoisotopic (exact) mass is 168 g/mol. The van der Waals surface area contributed by atoms with Crippen molar-refractivity contribution in [2.75, 3.05) is 6.61 Å². The van der Waals surface area contributed by atoms with Gasteiger partial charge in [0.15, 0.2) is 0 Å². The van der Waals surface area contributed by atoms with Gasteiger partial charge in [-0.1, -0.05) is 13.8 Å². The minimum atomic E-state index is 0.432. The molecule has 0 aliphatic heterocycles. The summed E-state index contributed by atoms with van der Waals surface area (Å²) in [5.74, 6) is 2.46. The second-order valence-corrected chi connectivity index (χ2v) is 5.14. The Labute approximate surface area is 75.2 Å². The summed E-state index contributed by atoms with van der Waals surface area (Å²) in [5.41, 5.74) is 0.598. The molecule has 12 heavy (non-hydrogen) atoms. The van der Waals surface area contributed by atoms with E-state index in [-0.39, 0.29) is 0 Å². The molecule has 1 N–H and O–H groups in total. The van der Waals surface area contributed by atoms with Gasteiger partial charge in [0.05, 0.1) is 0 Å². The second kappa shape index (κ2) is 2.73. The van der Waals surface area contributed by atoms with E-state index >= 15 is 0 Å². The zero-order chi connectivity index (χ0) is 8.77. The minimum absolute atomic E-state index is 0.432. The fourth-order valence-corrected chi connectivity index (χ4v) is 2.99. The average molecular weight is 168 g/mol. The van der Waals surface area contributed by atoms with Crippen molar-refractivity contribution in [1.82, 2.24) is 0 Å². The fourth-order valence-electron chi connectivity index (χ4n) is 2.99. The third-order valence-corrected chi connectivity index (χ3v) is 4.38. The van der Waals surface area contributed by atoms with Gasteiger partial charge in [-0.15, -0.1) is 0 Å². The van der Waals surface area contributed by atoms with Crippen LogP contribution < -0.4 is 0 Å². The van der Waals surface area contributed by atoms with Gasteiger partial charge in [-0.05, 0) is 48.9 Å². The summed E-state index contributed by atoms with van der Waals surface area (Å²) in [7, 11) is 0. The van der Waals surface area contributed by atoms with Crippen molar-refractivity contribution in [2.45, 2.75) is 39.5 Å². The predicted molar refractivity (Wildman–Crippen MR) is 49.8 cm³/mol. The molecule has 4 atom stereocenters. The summed E-state index contributed by atoms with van der Waals surface area (Å²) in [5, 5.41) is 9.08. The van der Waals surface area contributed by atoms with Gasteiger partial charge in [0.1, 0.15) is 0 Å². The Kier molecular flexibility index (Phi) is 1.95. The van der Waals surface area contributed by atoms with Crippen LogP contribution in [0.1, 0.15) is 39.5 Å². The van der Waals surface area contributed by atoms with Crippen LogP contribution in [0.15, 0.2) is 0 Å². The van der Waals surface area contributed by atoms with Crippen molar-refractivity contribution >= 4 is 0 Å². The normalized spacial score (nSPS) is 52.8. The van der Waals surface area contributed by atoms with Crippen molar-refractivity contribution in [3.63, 3.8) is 0 Å². The van der Waals surface area contributed by atoms with Gasteiger partial charge in [-0.25, -0.2) is 0 Å². The first-order valence-electron chi connectivity index (χ1n) is 5.29. The summed E-state index contributed by atoms with van der Waals surface area (Å²) >= 11 is 0. The van der Waals surface area contributed by atoms with Crippen LogP contribution >= 0.6 is 0 Å². The van der Waals surface area contributed by atoms with E-state index in [1.54, 1.807) is 0 Å². The van der Waals surface area contributed by atoms with E-state index in [1.807, 2.05) is 0 Å². The highest BCUT2D eigenvalue weighted by atomic mass is 16.3. The summed E-state index contributed by atoms with van der Waals surface area (Å²) in [6.45, 7) is 5.17. The van der Waals surface area contributed by atoms with E-state index < -0.39 is 0 Å². The zero-order valence-electron chi connectivity index (χ0n) is 8.21. The molecule has 2 aliphatic rings. The molecule has 1 heteroatoms. The highest BCUT2D eigenvalue weighted by molar-refractivity contribution is 5.04. The summed E-state index contributed by atoms with van der Waals surface area (Å²) in [6.07, 6.45) is 5.45. The van der Waals surface area contributed by atoms with Crippen LogP contribution in [0.4, 0.5) is 0 Å². The number of aliphatic hydroxyl groups excluding tert-OH is 1. The van der Waals surface area contributed by atoms with Crippen LogP contribution in [0.25, 0.3) is 0 Å². The molecule has 0 saturated heterocycles. The molecule has 2 rings (SSSR count). The Bertz CT molecular complexity index is 178. The zero-order valence-corrected chi connectivity index (χ0v) is 8.21. The molecule has 0 bridgehead atoms. The van der Waals surface area contributed by atoms with Crippen molar-refractivity contribution in [2.24, 2.45) is 23.2 Å². The van der Waals surface area contributed by atoms with Gasteiger partial charge < -0.3 is 5.11 Å². The highest BCUT2D eigenvalue weighted by Crippen LogP contribution is 2.62. The largest absolute Gasteiger partial charge is 0.396 e. The quantitative estimate of drug-likeness (QED) is 0.637. The molecule has 0 aromatic carbocycles. The lowest BCUT2D eigenvalue weighted by atomic mass is 9.73. The summed E-state index contributed by atoms with van der Waals surface area (Å²) in [6, 6.07) is 0. The molecule has 0 aromatic heterocycles. The molecular weight excluding hydrogens is 148 g/mol. The van der Waals surface area contributed by atoms with Crippen molar-refractivity contribution in [3.05, 3.63) is 0 Å². The SMILES string of the molecule is CC1CCC2(CC1C)CC2CO. The molecule has 0 heterocycles. The van der Waals surface area contributed by atoms with Crippen LogP contribution in [-0.2, 0) is 0 Å².